The van der Waals surface area contributed by atoms with E-state index < -0.39 is 0 Å². The van der Waals surface area contributed by atoms with Gasteiger partial charge in [0.05, 0.1) is 18.1 Å². The molecular weight excluding hydrogens is 380 g/mol. The molecule has 1 aromatic carbocycles. The number of benzene rings is 1. The number of piperidine rings is 1. The number of methoxy groups -OCH3 is 1. The summed E-state index contributed by atoms with van der Waals surface area (Å²) in [6.07, 6.45) is 3.76. The summed E-state index contributed by atoms with van der Waals surface area (Å²) >= 11 is 0. The third-order valence-corrected chi connectivity index (χ3v) is 5.52. The van der Waals surface area contributed by atoms with E-state index in [1.807, 2.05) is 38.1 Å². The van der Waals surface area contributed by atoms with E-state index in [1.54, 1.807) is 13.2 Å². The van der Waals surface area contributed by atoms with Crippen LogP contribution in [0.1, 0.15) is 42.2 Å². The van der Waals surface area contributed by atoms with Crippen molar-refractivity contribution in [1.82, 2.24) is 20.4 Å². The zero-order valence-electron chi connectivity index (χ0n) is 17.8. The molecule has 0 bridgehead atoms. The average Bonchev–Trinajstić information content (AvgIpc) is 3.17. The number of carbonyl (C=O) groups excluding carboxylic acids is 1. The highest BCUT2D eigenvalue weighted by Gasteiger charge is 2.23. The maximum absolute atomic E-state index is 13.2. The number of aromatic nitrogens is 2. The molecule has 4 rings (SSSR count). The lowest BCUT2D eigenvalue weighted by Gasteiger charge is -2.29. The van der Waals surface area contributed by atoms with Crippen molar-refractivity contribution >= 4 is 17.0 Å². The summed E-state index contributed by atoms with van der Waals surface area (Å²) in [7, 11) is 1.62. The van der Waals surface area contributed by atoms with Gasteiger partial charge in [-0.15, -0.1) is 0 Å². The molecule has 2 aromatic heterocycles. The van der Waals surface area contributed by atoms with E-state index in [0.717, 1.165) is 25.2 Å². The summed E-state index contributed by atoms with van der Waals surface area (Å²) in [4.78, 5) is 20.1. The number of fused-ring (bicyclic) bond motifs is 1. The Hall–Kier alpha value is -2.93. The zero-order chi connectivity index (χ0) is 21.1. The number of carbonyl (C=O) groups is 1. The van der Waals surface area contributed by atoms with E-state index in [9.17, 15) is 4.79 Å². The van der Waals surface area contributed by atoms with Crippen LogP contribution in [0, 0.1) is 6.92 Å². The highest BCUT2D eigenvalue weighted by atomic mass is 16.5. The number of pyridine rings is 1. The minimum absolute atomic E-state index is 0.0410. The van der Waals surface area contributed by atoms with Crippen molar-refractivity contribution in [1.29, 1.82) is 0 Å². The van der Waals surface area contributed by atoms with E-state index in [0.29, 0.717) is 33.8 Å². The smallest absolute Gasteiger partial charge is 0.259 e. The first-order valence-electron chi connectivity index (χ1n) is 10.5. The van der Waals surface area contributed by atoms with Crippen LogP contribution in [0.3, 0.4) is 0 Å². The highest BCUT2D eigenvalue weighted by Crippen LogP contribution is 2.32. The summed E-state index contributed by atoms with van der Waals surface area (Å²) in [5, 5.41) is 7.99. The second-order valence-corrected chi connectivity index (χ2v) is 7.99. The molecule has 3 aromatic rings. The quantitative estimate of drug-likeness (QED) is 0.668. The molecule has 0 aliphatic carbocycles. The van der Waals surface area contributed by atoms with Gasteiger partial charge in [-0.1, -0.05) is 23.7 Å². The molecule has 1 N–H and O–H groups in total. The maximum Gasteiger partial charge on any atom is 0.259 e. The average molecular weight is 409 g/mol. The van der Waals surface area contributed by atoms with Crippen molar-refractivity contribution in [2.75, 3.05) is 26.7 Å². The monoisotopic (exact) mass is 408 g/mol. The second-order valence-electron chi connectivity index (χ2n) is 7.99. The van der Waals surface area contributed by atoms with E-state index in [1.165, 1.54) is 19.3 Å². The minimum atomic E-state index is -0.137. The Morgan fingerprint density at radius 1 is 1.27 bits per heavy atom. The van der Waals surface area contributed by atoms with Gasteiger partial charge in [0.2, 0.25) is 0 Å². The van der Waals surface area contributed by atoms with E-state index in [-0.39, 0.29) is 11.9 Å². The molecule has 1 amide bonds. The normalized spacial score (nSPS) is 15.8. The van der Waals surface area contributed by atoms with Crippen molar-refractivity contribution in [3.63, 3.8) is 0 Å². The lowest BCUT2D eigenvalue weighted by atomic mass is 10.0. The summed E-state index contributed by atoms with van der Waals surface area (Å²) < 4.78 is 10.8. The van der Waals surface area contributed by atoms with Gasteiger partial charge >= 0.3 is 0 Å². The lowest BCUT2D eigenvalue weighted by molar-refractivity contribution is 0.0927. The van der Waals surface area contributed by atoms with Gasteiger partial charge in [0, 0.05) is 23.8 Å². The molecule has 1 aliphatic heterocycles. The van der Waals surface area contributed by atoms with E-state index in [2.05, 4.69) is 20.4 Å². The lowest BCUT2D eigenvalue weighted by Crippen LogP contribution is -2.43. The van der Waals surface area contributed by atoms with Crippen LogP contribution in [-0.4, -0.2) is 53.7 Å². The number of hydrogen-bond donors (Lipinski definition) is 1. The van der Waals surface area contributed by atoms with Gasteiger partial charge in [0.15, 0.2) is 0 Å². The summed E-state index contributed by atoms with van der Waals surface area (Å²) in [6, 6.07) is 9.38. The first kappa shape index (κ1) is 20.3. The molecule has 3 heterocycles. The summed E-state index contributed by atoms with van der Waals surface area (Å²) in [6.45, 7) is 6.95. The Kier molecular flexibility index (Phi) is 5.99. The Labute approximate surface area is 176 Å². The van der Waals surface area contributed by atoms with Crippen molar-refractivity contribution in [2.24, 2.45) is 0 Å². The fourth-order valence-electron chi connectivity index (χ4n) is 4.10. The van der Waals surface area contributed by atoms with Gasteiger partial charge in [0.25, 0.3) is 11.6 Å². The number of ether oxygens (including phenoxy) is 1. The van der Waals surface area contributed by atoms with Gasteiger partial charge in [-0.3, -0.25) is 4.79 Å². The number of nitrogens with one attached hydrogen (secondary N) is 1. The molecule has 0 saturated carbocycles. The Balaban J connectivity index is 1.64. The Morgan fingerprint density at radius 3 is 2.83 bits per heavy atom. The largest absolute Gasteiger partial charge is 0.497 e. The molecule has 1 atom stereocenters. The number of likely N-dealkylation sites (tertiary alicyclic amines) is 1. The van der Waals surface area contributed by atoms with Crippen LogP contribution in [0.4, 0.5) is 0 Å². The standard InChI is InChI=1S/C23H28N4O3/c1-15-12-19(22(28)24-16(2)14-27-10-5-4-6-11-27)20-21(26-30-23(20)25-15)17-8-7-9-18(13-17)29-3/h7-9,12-13,16H,4-6,10-11,14H2,1-3H3,(H,24,28)/t16-/m0/s1. The Morgan fingerprint density at radius 2 is 2.07 bits per heavy atom. The highest BCUT2D eigenvalue weighted by molar-refractivity contribution is 6.09. The number of rotatable bonds is 6. The Bertz CT molecular complexity index is 1040. The van der Waals surface area contributed by atoms with E-state index >= 15 is 0 Å². The van der Waals surface area contributed by atoms with Crippen LogP contribution in [0.15, 0.2) is 34.9 Å². The third-order valence-electron chi connectivity index (χ3n) is 5.52. The molecular formula is C23H28N4O3. The number of aryl methyl sites for hydroxylation is 1. The van der Waals surface area contributed by atoms with E-state index in [4.69, 9.17) is 9.26 Å². The van der Waals surface area contributed by atoms with Crippen molar-refractivity contribution in [2.45, 2.75) is 39.2 Å². The molecule has 7 nitrogen and oxygen atoms in total. The predicted molar refractivity (Wildman–Crippen MR) is 116 cm³/mol. The van der Waals surface area contributed by atoms with Crippen LogP contribution in [0.2, 0.25) is 0 Å². The maximum atomic E-state index is 13.2. The fourth-order valence-corrected chi connectivity index (χ4v) is 4.10. The van der Waals surface area contributed by atoms with Gasteiger partial charge in [-0.05, 0) is 58.0 Å². The van der Waals surface area contributed by atoms with Gasteiger partial charge in [-0.2, -0.15) is 0 Å². The summed E-state index contributed by atoms with van der Waals surface area (Å²) in [5.74, 6) is 0.576. The topological polar surface area (TPSA) is 80.5 Å². The molecule has 1 saturated heterocycles. The fraction of sp³-hybridized carbons (Fsp3) is 0.435. The molecule has 158 valence electrons. The van der Waals surface area contributed by atoms with Gasteiger partial charge in [0.1, 0.15) is 11.4 Å². The van der Waals surface area contributed by atoms with Crippen molar-refractivity contribution in [3.8, 4) is 17.0 Å². The zero-order valence-corrected chi connectivity index (χ0v) is 17.8. The van der Waals surface area contributed by atoms with Crippen LogP contribution in [-0.2, 0) is 0 Å². The first-order valence-corrected chi connectivity index (χ1v) is 10.5. The number of hydrogen-bond acceptors (Lipinski definition) is 6. The van der Waals surface area contributed by atoms with Crippen LogP contribution >= 0.6 is 0 Å². The third kappa shape index (κ3) is 4.31. The number of nitrogens with zero attached hydrogens (tertiary/aromatic N) is 3. The molecule has 1 aliphatic rings. The molecule has 1 fully saturated rings. The van der Waals surface area contributed by atoms with Crippen LogP contribution < -0.4 is 10.1 Å². The van der Waals surface area contributed by atoms with Gasteiger partial charge in [-0.25, -0.2) is 4.98 Å². The second kappa shape index (κ2) is 8.83. The molecule has 0 radical (unpaired) electrons. The summed E-state index contributed by atoms with van der Waals surface area (Å²) in [5.41, 5.74) is 3.01. The van der Waals surface area contributed by atoms with Crippen LogP contribution in [0.5, 0.6) is 5.75 Å². The van der Waals surface area contributed by atoms with Crippen molar-refractivity contribution < 1.29 is 14.1 Å². The predicted octanol–water partition coefficient (Wildman–Crippen LogP) is 3.81. The first-order chi connectivity index (χ1) is 14.5. The molecule has 30 heavy (non-hydrogen) atoms. The van der Waals surface area contributed by atoms with Crippen LogP contribution in [0.25, 0.3) is 22.4 Å². The molecule has 0 spiro atoms. The molecule has 0 unspecified atom stereocenters. The number of amides is 1. The van der Waals surface area contributed by atoms with Crippen molar-refractivity contribution in [3.05, 3.63) is 41.6 Å². The minimum Gasteiger partial charge on any atom is -0.497 e. The SMILES string of the molecule is COc1cccc(-c2noc3nc(C)cc(C(=O)N[C@@H](C)CN4CCCCC4)c23)c1. The molecule has 7 heteroatoms. The van der Waals surface area contributed by atoms with Gasteiger partial charge < -0.3 is 19.5 Å².